The molecule has 0 radical (unpaired) electrons. The van der Waals surface area contributed by atoms with Crippen molar-refractivity contribution in [2.45, 2.75) is 45.8 Å². The molecule has 2 N–H and O–H groups in total. The summed E-state index contributed by atoms with van der Waals surface area (Å²) in [5.74, 6) is -0.0162. The van der Waals surface area contributed by atoms with Crippen LogP contribution in [0.2, 0.25) is 0 Å². The largest absolute Gasteiger partial charge is 0.385 e. The second-order valence-electron chi connectivity index (χ2n) is 5.40. The van der Waals surface area contributed by atoms with Crippen LogP contribution >= 0.6 is 0 Å². The summed E-state index contributed by atoms with van der Waals surface area (Å²) in [5, 5.41) is 6.41. The molecule has 1 aromatic carbocycles. The van der Waals surface area contributed by atoms with Gasteiger partial charge >= 0.3 is 0 Å². The summed E-state index contributed by atoms with van der Waals surface area (Å²) in [6.45, 7) is 7.83. The molecule has 1 fully saturated rings. The van der Waals surface area contributed by atoms with Crippen molar-refractivity contribution in [3.05, 3.63) is 29.3 Å². The van der Waals surface area contributed by atoms with E-state index in [1.807, 2.05) is 32.0 Å². The summed E-state index contributed by atoms with van der Waals surface area (Å²) >= 11 is 0. The van der Waals surface area contributed by atoms with E-state index >= 15 is 0 Å². The average molecular weight is 276 g/mol. The molecule has 4 heteroatoms. The number of hydrogen-bond donors (Lipinski definition) is 2. The lowest BCUT2D eigenvalue weighted by atomic mass is 10.1. The van der Waals surface area contributed by atoms with Gasteiger partial charge in [-0.3, -0.25) is 4.79 Å². The molecule has 20 heavy (non-hydrogen) atoms. The van der Waals surface area contributed by atoms with E-state index in [9.17, 15) is 4.79 Å². The zero-order chi connectivity index (χ0) is 14.5. The Hall–Kier alpha value is -1.55. The maximum absolute atomic E-state index is 12.2. The minimum atomic E-state index is -0.0162. The first-order chi connectivity index (χ1) is 9.61. The van der Waals surface area contributed by atoms with E-state index in [0.29, 0.717) is 5.56 Å². The Morgan fingerprint density at radius 3 is 2.85 bits per heavy atom. The molecule has 1 saturated heterocycles. The molecule has 0 spiro atoms. The van der Waals surface area contributed by atoms with Crippen LogP contribution in [0.3, 0.4) is 0 Å². The molecule has 0 aliphatic carbocycles. The number of nitrogens with one attached hydrogen (secondary N) is 2. The van der Waals surface area contributed by atoms with E-state index in [2.05, 4.69) is 17.6 Å². The van der Waals surface area contributed by atoms with Crippen molar-refractivity contribution in [3.8, 4) is 0 Å². The lowest BCUT2D eigenvalue weighted by Crippen LogP contribution is -2.39. The highest BCUT2D eigenvalue weighted by atomic mass is 16.5. The Kier molecular flexibility index (Phi) is 5.01. The molecule has 1 aliphatic rings. The second kappa shape index (κ2) is 6.75. The minimum absolute atomic E-state index is 0.0162. The van der Waals surface area contributed by atoms with Crippen molar-refractivity contribution in [1.82, 2.24) is 5.32 Å². The monoisotopic (exact) mass is 276 g/mol. The van der Waals surface area contributed by atoms with Crippen LogP contribution in [0.1, 0.15) is 42.6 Å². The summed E-state index contributed by atoms with van der Waals surface area (Å²) in [4.78, 5) is 12.2. The normalized spacial score (nSPS) is 21.8. The highest BCUT2D eigenvalue weighted by Gasteiger charge is 2.25. The highest BCUT2D eigenvalue weighted by molar-refractivity contribution is 5.95. The van der Waals surface area contributed by atoms with Gasteiger partial charge in [-0.25, -0.2) is 0 Å². The van der Waals surface area contributed by atoms with Crippen molar-refractivity contribution < 1.29 is 9.53 Å². The number of ether oxygens (including phenoxy) is 1. The van der Waals surface area contributed by atoms with Gasteiger partial charge in [0.1, 0.15) is 0 Å². The van der Waals surface area contributed by atoms with Gasteiger partial charge in [0.15, 0.2) is 0 Å². The fourth-order valence-corrected chi connectivity index (χ4v) is 2.44. The summed E-state index contributed by atoms with van der Waals surface area (Å²) in [5.41, 5.74) is 2.91. The van der Waals surface area contributed by atoms with Gasteiger partial charge in [-0.2, -0.15) is 0 Å². The number of hydrogen-bond acceptors (Lipinski definition) is 3. The Morgan fingerprint density at radius 2 is 2.25 bits per heavy atom. The predicted octanol–water partition coefficient (Wildman–Crippen LogP) is 2.72. The van der Waals surface area contributed by atoms with E-state index in [0.717, 1.165) is 37.2 Å². The van der Waals surface area contributed by atoms with Crippen LogP contribution in [0.4, 0.5) is 5.69 Å². The van der Waals surface area contributed by atoms with Crippen molar-refractivity contribution in [2.24, 2.45) is 0 Å². The van der Waals surface area contributed by atoms with Crippen LogP contribution in [0.15, 0.2) is 18.2 Å². The van der Waals surface area contributed by atoms with Crippen molar-refractivity contribution in [3.63, 3.8) is 0 Å². The number of aryl methyl sites for hydroxylation is 1. The summed E-state index contributed by atoms with van der Waals surface area (Å²) in [6, 6.07) is 5.92. The van der Waals surface area contributed by atoms with Crippen LogP contribution in [0, 0.1) is 6.92 Å². The van der Waals surface area contributed by atoms with Gasteiger partial charge in [0.05, 0.1) is 12.1 Å². The van der Waals surface area contributed by atoms with Gasteiger partial charge in [-0.05, 0) is 50.5 Å². The molecule has 2 unspecified atom stereocenters. The van der Waals surface area contributed by atoms with Crippen LogP contribution in [-0.4, -0.2) is 31.2 Å². The predicted molar refractivity (Wildman–Crippen MR) is 81.2 cm³/mol. The fourth-order valence-electron chi connectivity index (χ4n) is 2.44. The van der Waals surface area contributed by atoms with Crippen LogP contribution in [0.25, 0.3) is 0 Å². The quantitative estimate of drug-likeness (QED) is 0.869. The van der Waals surface area contributed by atoms with Gasteiger partial charge in [0.2, 0.25) is 0 Å². The standard InChI is InChI=1S/C16H24N2O2/c1-4-8-17-14-6-5-13(10-11(14)2)16(19)18-15-7-9-20-12(15)3/h5-6,10,12,15,17H,4,7-9H2,1-3H3,(H,18,19). The lowest BCUT2D eigenvalue weighted by molar-refractivity contribution is 0.0866. The third kappa shape index (κ3) is 3.51. The molecule has 1 heterocycles. The number of anilines is 1. The molecule has 1 amide bonds. The Labute approximate surface area is 120 Å². The molecule has 4 nitrogen and oxygen atoms in total. The first-order valence-corrected chi connectivity index (χ1v) is 7.38. The Balaban J connectivity index is 2.01. The summed E-state index contributed by atoms with van der Waals surface area (Å²) < 4.78 is 5.46. The molecule has 1 aromatic rings. The van der Waals surface area contributed by atoms with Gasteiger partial charge in [-0.1, -0.05) is 6.92 Å². The van der Waals surface area contributed by atoms with Gasteiger partial charge in [0, 0.05) is 24.4 Å². The fraction of sp³-hybridized carbons (Fsp3) is 0.562. The van der Waals surface area contributed by atoms with E-state index < -0.39 is 0 Å². The third-order valence-electron chi connectivity index (χ3n) is 3.75. The van der Waals surface area contributed by atoms with Gasteiger partial charge in [-0.15, -0.1) is 0 Å². The molecule has 0 aromatic heterocycles. The molecule has 1 aliphatic heterocycles. The summed E-state index contributed by atoms with van der Waals surface area (Å²) in [7, 11) is 0. The van der Waals surface area contributed by atoms with E-state index in [4.69, 9.17) is 4.74 Å². The molecule has 2 atom stereocenters. The lowest BCUT2D eigenvalue weighted by Gasteiger charge is -2.16. The molecule has 0 bridgehead atoms. The van der Waals surface area contributed by atoms with Crippen molar-refractivity contribution >= 4 is 11.6 Å². The first-order valence-electron chi connectivity index (χ1n) is 7.38. The van der Waals surface area contributed by atoms with Crippen LogP contribution in [0.5, 0.6) is 0 Å². The number of carbonyl (C=O) groups excluding carboxylic acids is 1. The van der Waals surface area contributed by atoms with Crippen molar-refractivity contribution in [2.75, 3.05) is 18.5 Å². The first kappa shape index (κ1) is 14.9. The number of carbonyl (C=O) groups is 1. The van der Waals surface area contributed by atoms with Crippen LogP contribution in [-0.2, 0) is 4.74 Å². The molecular formula is C16H24N2O2. The van der Waals surface area contributed by atoms with Gasteiger partial charge < -0.3 is 15.4 Å². The van der Waals surface area contributed by atoms with Crippen molar-refractivity contribution in [1.29, 1.82) is 0 Å². The SMILES string of the molecule is CCCNc1ccc(C(=O)NC2CCOC2C)cc1C. The maximum Gasteiger partial charge on any atom is 0.251 e. The molecule has 2 rings (SSSR count). The smallest absolute Gasteiger partial charge is 0.251 e. The molecule has 110 valence electrons. The molecule has 0 saturated carbocycles. The van der Waals surface area contributed by atoms with Gasteiger partial charge in [0.25, 0.3) is 5.91 Å². The van der Waals surface area contributed by atoms with E-state index in [1.54, 1.807) is 0 Å². The zero-order valence-corrected chi connectivity index (χ0v) is 12.5. The zero-order valence-electron chi connectivity index (χ0n) is 12.5. The van der Waals surface area contributed by atoms with Crippen LogP contribution < -0.4 is 10.6 Å². The van der Waals surface area contributed by atoms with E-state index in [1.165, 1.54) is 0 Å². The number of benzene rings is 1. The topological polar surface area (TPSA) is 50.4 Å². The Bertz CT molecular complexity index is 474. The summed E-state index contributed by atoms with van der Waals surface area (Å²) in [6.07, 6.45) is 2.08. The number of rotatable bonds is 5. The van der Waals surface area contributed by atoms with E-state index in [-0.39, 0.29) is 18.1 Å². The highest BCUT2D eigenvalue weighted by Crippen LogP contribution is 2.18. The maximum atomic E-state index is 12.2. The molecular weight excluding hydrogens is 252 g/mol. The number of amides is 1. The minimum Gasteiger partial charge on any atom is -0.385 e. The second-order valence-corrected chi connectivity index (χ2v) is 5.40. The third-order valence-corrected chi connectivity index (χ3v) is 3.75. The average Bonchev–Trinajstić information content (AvgIpc) is 2.83. The Morgan fingerprint density at radius 1 is 1.45 bits per heavy atom.